The number of fused-ring (bicyclic) bond motifs is 1. The molecule has 0 radical (unpaired) electrons. The highest BCUT2D eigenvalue weighted by atomic mass is 35.5. The second-order valence-corrected chi connectivity index (χ2v) is 7.51. The van der Waals surface area contributed by atoms with E-state index in [4.69, 9.17) is 11.6 Å². The lowest BCUT2D eigenvalue weighted by atomic mass is 9.94. The Hall–Kier alpha value is -1.51. The Bertz CT molecular complexity index is 864. The fourth-order valence-corrected chi connectivity index (χ4v) is 3.70. The highest BCUT2D eigenvalue weighted by Crippen LogP contribution is 2.25. The number of nitrogens with zero attached hydrogens (tertiary/aromatic N) is 2. The molecule has 3 heterocycles. The quantitative estimate of drug-likeness (QED) is 0.594. The standard InChI is InChI=1S/C17H22ClN5O2/c1-10-5-13-11(6-12(10)18)16(25)23(9-20-13)8-17(21-22-17)7-14-15(24)3-2-4-19-14/h5-6,9,14-15,19,21-22,24H,2-4,7-8H2,1H3. The number of hydrogen-bond donors (Lipinski definition) is 4. The highest BCUT2D eigenvalue weighted by molar-refractivity contribution is 6.32. The van der Waals surface area contributed by atoms with E-state index in [1.54, 1.807) is 17.0 Å². The van der Waals surface area contributed by atoms with Crippen molar-refractivity contribution < 1.29 is 5.11 Å². The molecular formula is C17H22ClN5O2. The van der Waals surface area contributed by atoms with Gasteiger partial charge in [0.05, 0.1) is 29.9 Å². The summed E-state index contributed by atoms with van der Waals surface area (Å²) < 4.78 is 1.59. The zero-order valence-electron chi connectivity index (χ0n) is 14.1. The first kappa shape index (κ1) is 16.9. The summed E-state index contributed by atoms with van der Waals surface area (Å²) in [5.41, 5.74) is 7.33. The van der Waals surface area contributed by atoms with Crippen molar-refractivity contribution in [2.75, 3.05) is 6.54 Å². The third-order valence-corrected chi connectivity index (χ3v) is 5.55. The number of aromatic nitrogens is 2. The van der Waals surface area contributed by atoms with Crippen molar-refractivity contribution in [2.24, 2.45) is 0 Å². The summed E-state index contributed by atoms with van der Waals surface area (Å²) in [6.45, 7) is 3.24. The molecule has 8 heteroatoms. The van der Waals surface area contributed by atoms with Crippen molar-refractivity contribution in [3.8, 4) is 0 Å². The molecule has 2 aromatic rings. The molecule has 2 unspecified atom stereocenters. The molecule has 4 N–H and O–H groups in total. The first-order chi connectivity index (χ1) is 12.0. The molecule has 0 amide bonds. The molecule has 1 aromatic carbocycles. The summed E-state index contributed by atoms with van der Waals surface area (Å²) >= 11 is 6.17. The van der Waals surface area contributed by atoms with Gasteiger partial charge in [-0.1, -0.05) is 11.6 Å². The van der Waals surface area contributed by atoms with E-state index < -0.39 is 5.66 Å². The van der Waals surface area contributed by atoms with E-state index in [9.17, 15) is 9.90 Å². The zero-order valence-corrected chi connectivity index (χ0v) is 14.8. The van der Waals surface area contributed by atoms with Gasteiger partial charge in [-0.25, -0.2) is 15.8 Å². The Labute approximate surface area is 150 Å². The number of aryl methyl sites for hydroxylation is 1. The van der Waals surface area contributed by atoms with E-state index in [0.29, 0.717) is 28.9 Å². The highest BCUT2D eigenvalue weighted by Gasteiger charge is 2.45. The molecule has 0 bridgehead atoms. The molecule has 4 rings (SSSR count). The van der Waals surface area contributed by atoms with Crippen molar-refractivity contribution in [1.82, 2.24) is 25.7 Å². The molecular weight excluding hydrogens is 342 g/mol. The van der Waals surface area contributed by atoms with Gasteiger partial charge in [-0.2, -0.15) is 0 Å². The van der Waals surface area contributed by atoms with Crippen LogP contribution in [0.3, 0.4) is 0 Å². The van der Waals surface area contributed by atoms with Gasteiger partial charge in [0.1, 0.15) is 5.66 Å². The zero-order chi connectivity index (χ0) is 17.6. The van der Waals surface area contributed by atoms with Gasteiger partial charge in [0.25, 0.3) is 5.56 Å². The van der Waals surface area contributed by atoms with Crippen LogP contribution in [0, 0.1) is 6.92 Å². The molecule has 7 nitrogen and oxygen atoms in total. The molecule has 2 atom stereocenters. The van der Waals surface area contributed by atoms with Gasteiger partial charge < -0.3 is 10.4 Å². The molecule has 2 aliphatic rings. The summed E-state index contributed by atoms with van der Waals surface area (Å²) in [6, 6.07) is 3.53. The largest absolute Gasteiger partial charge is 0.392 e. The summed E-state index contributed by atoms with van der Waals surface area (Å²) in [5.74, 6) is 0. The second-order valence-electron chi connectivity index (χ2n) is 7.10. The van der Waals surface area contributed by atoms with Gasteiger partial charge in [0.15, 0.2) is 0 Å². The van der Waals surface area contributed by atoms with Crippen molar-refractivity contribution in [1.29, 1.82) is 0 Å². The molecule has 2 fully saturated rings. The average Bonchev–Trinajstić information content (AvgIpc) is 3.34. The van der Waals surface area contributed by atoms with E-state index in [2.05, 4.69) is 21.2 Å². The third kappa shape index (κ3) is 3.30. The molecule has 2 aliphatic heterocycles. The van der Waals surface area contributed by atoms with Crippen LogP contribution in [0.2, 0.25) is 5.02 Å². The van der Waals surface area contributed by atoms with Crippen LogP contribution in [-0.2, 0) is 6.54 Å². The van der Waals surface area contributed by atoms with Crippen molar-refractivity contribution >= 4 is 22.5 Å². The van der Waals surface area contributed by atoms with Crippen molar-refractivity contribution in [3.05, 3.63) is 39.4 Å². The Morgan fingerprint density at radius 2 is 2.24 bits per heavy atom. The van der Waals surface area contributed by atoms with Gasteiger partial charge in [0.2, 0.25) is 0 Å². The van der Waals surface area contributed by atoms with Crippen LogP contribution >= 0.6 is 11.6 Å². The number of hydrogen-bond acceptors (Lipinski definition) is 6. The van der Waals surface area contributed by atoms with E-state index in [0.717, 1.165) is 24.9 Å². The second kappa shape index (κ2) is 6.34. The van der Waals surface area contributed by atoms with Crippen LogP contribution in [0.5, 0.6) is 0 Å². The van der Waals surface area contributed by atoms with Crippen LogP contribution in [-0.4, -0.2) is 39.0 Å². The number of aliphatic hydroxyl groups is 1. The Balaban J connectivity index is 1.59. The van der Waals surface area contributed by atoms with Crippen LogP contribution in [0.15, 0.2) is 23.3 Å². The van der Waals surface area contributed by atoms with Gasteiger partial charge in [-0.3, -0.25) is 9.36 Å². The summed E-state index contributed by atoms with van der Waals surface area (Å²) in [4.78, 5) is 17.2. The number of aliphatic hydroxyl groups excluding tert-OH is 1. The Kier molecular flexibility index (Phi) is 4.29. The van der Waals surface area contributed by atoms with Crippen LogP contribution < -0.4 is 21.7 Å². The molecule has 134 valence electrons. The number of halogens is 1. The minimum atomic E-state index is -0.399. The van der Waals surface area contributed by atoms with Crippen LogP contribution in [0.1, 0.15) is 24.8 Å². The lowest BCUT2D eigenvalue weighted by molar-refractivity contribution is 0.0851. The first-order valence-corrected chi connectivity index (χ1v) is 8.96. The monoisotopic (exact) mass is 363 g/mol. The summed E-state index contributed by atoms with van der Waals surface area (Å²) in [6.07, 6.45) is 3.70. The minimum Gasteiger partial charge on any atom is -0.392 e. The van der Waals surface area contributed by atoms with Crippen molar-refractivity contribution in [2.45, 2.75) is 50.5 Å². The fourth-order valence-electron chi connectivity index (χ4n) is 3.54. The van der Waals surface area contributed by atoms with Crippen LogP contribution in [0.4, 0.5) is 0 Å². The predicted octanol–water partition coefficient (Wildman–Crippen LogP) is 0.665. The first-order valence-electron chi connectivity index (χ1n) is 8.59. The maximum atomic E-state index is 12.8. The maximum absolute atomic E-state index is 12.8. The SMILES string of the molecule is Cc1cc2ncn(CC3(CC4NCCCC4O)NN3)c(=O)c2cc1Cl. The van der Waals surface area contributed by atoms with E-state index in [1.165, 1.54) is 0 Å². The van der Waals surface area contributed by atoms with E-state index in [1.807, 2.05) is 13.0 Å². The van der Waals surface area contributed by atoms with Gasteiger partial charge >= 0.3 is 0 Å². The molecule has 0 aliphatic carbocycles. The number of nitrogens with one attached hydrogen (secondary N) is 3. The number of hydrazine groups is 1. The smallest absolute Gasteiger partial charge is 0.261 e. The lowest BCUT2D eigenvalue weighted by Crippen LogP contribution is -2.49. The molecule has 1 aromatic heterocycles. The predicted molar refractivity (Wildman–Crippen MR) is 96.4 cm³/mol. The molecule has 0 saturated carbocycles. The molecule has 2 saturated heterocycles. The minimum absolute atomic E-state index is 0.0115. The van der Waals surface area contributed by atoms with E-state index >= 15 is 0 Å². The summed E-state index contributed by atoms with van der Waals surface area (Å²) in [5, 5.41) is 14.6. The fraction of sp³-hybridized carbons (Fsp3) is 0.529. The van der Waals surface area contributed by atoms with Gasteiger partial charge in [-0.15, -0.1) is 0 Å². The molecule has 25 heavy (non-hydrogen) atoms. The Morgan fingerprint density at radius 3 is 2.96 bits per heavy atom. The normalized spacial score (nSPS) is 25.2. The van der Waals surface area contributed by atoms with Gasteiger partial charge in [-0.05, 0) is 44.0 Å². The maximum Gasteiger partial charge on any atom is 0.261 e. The third-order valence-electron chi connectivity index (χ3n) is 5.14. The average molecular weight is 364 g/mol. The topological polar surface area (TPSA) is 111 Å². The van der Waals surface area contributed by atoms with E-state index in [-0.39, 0.29) is 17.7 Å². The lowest BCUT2D eigenvalue weighted by Gasteiger charge is -2.31. The number of benzene rings is 1. The molecule has 0 spiro atoms. The summed E-state index contributed by atoms with van der Waals surface area (Å²) in [7, 11) is 0. The van der Waals surface area contributed by atoms with Gasteiger partial charge in [0, 0.05) is 17.5 Å². The Morgan fingerprint density at radius 1 is 1.44 bits per heavy atom. The van der Waals surface area contributed by atoms with Crippen molar-refractivity contribution in [3.63, 3.8) is 0 Å². The number of piperidine rings is 1. The van der Waals surface area contributed by atoms with Crippen LogP contribution in [0.25, 0.3) is 10.9 Å². The number of rotatable bonds is 4.